The third-order valence-corrected chi connectivity index (χ3v) is 6.99. The van der Waals surface area contributed by atoms with Gasteiger partial charge in [0.05, 0.1) is 17.2 Å². The van der Waals surface area contributed by atoms with Crippen molar-refractivity contribution in [2.75, 3.05) is 11.1 Å². The molecule has 28 heavy (non-hydrogen) atoms. The van der Waals surface area contributed by atoms with Gasteiger partial charge in [0.1, 0.15) is 5.82 Å². The van der Waals surface area contributed by atoms with Crippen LogP contribution in [0.4, 0.5) is 5.69 Å². The maximum Gasteiger partial charge on any atom is 0.234 e. The summed E-state index contributed by atoms with van der Waals surface area (Å²) in [5.41, 5.74) is 3.41. The first kappa shape index (κ1) is 21.2. The predicted octanol–water partition coefficient (Wildman–Crippen LogP) is 4.89. The van der Waals surface area contributed by atoms with Crippen molar-refractivity contribution in [3.8, 4) is 0 Å². The average Bonchev–Trinajstić information content (AvgIpc) is 3.03. The fourth-order valence-corrected chi connectivity index (χ4v) is 4.64. The minimum Gasteiger partial charge on any atom is -0.324 e. The number of hydrogen-bond donors (Lipinski definition) is 1. The Bertz CT molecular complexity index is 944. The normalized spacial score (nSPS) is 10.8. The molecule has 1 N–H and O–H groups in total. The van der Waals surface area contributed by atoms with Gasteiger partial charge in [0.25, 0.3) is 0 Å². The number of rotatable bonds is 8. The molecule has 0 radical (unpaired) electrons. The molecule has 3 aromatic rings. The molecule has 1 aromatic heterocycles. The average molecular weight is 524 g/mol. The smallest absolute Gasteiger partial charge is 0.234 e. The fourth-order valence-electron chi connectivity index (χ4n) is 2.42. The molecule has 0 saturated heterocycles. The molecule has 2 aromatic carbocycles. The molecule has 5 nitrogen and oxygen atoms in total. The van der Waals surface area contributed by atoms with Crippen molar-refractivity contribution in [3.05, 3.63) is 69.1 Å². The summed E-state index contributed by atoms with van der Waals surface area (Å²) in [6.45, 7) is 2.09. The number of halogens is 1. The van der Waals surface area contributed by atoms with Gasteiger partial charge in [-0.25, -0.2) is 0 Å². The molecule has 146 valence electrons. The van der Waals surface area contributed by atoms with E-state index in [1.807, 2.05) is 47.6 Å². The topological polar surface area (TPSA) is 59.8 Å². The molecule has 0 aliphatic carbocycles. The van der Waals surface area contributed by atoms with E-state index >= 15 is 0 Å². The van der Waals surface area contributed by atoms with E-state index in [1.165, 1.54) is 22.9 Å². The first-order chi connectivity index (χ1) is 13.5. The lowest BCUT2D eigenvalue weighted by Crippen LogP contribution is -2.15. The largest absolute Gasteiger partial charge is 0.324 e. The molecule has 0 spiro atoms. The van der Waals surface area contributed by atoms with E-state index in [0.717, 1.165) is 31.7 Å². The van der Waals surface area contributed by atoms with E-state index in [9.17, 15) is 4.79 Å². The molecule has 0 aliphatic rings. The number of hydrogen-bond acceptors (Lipinski definition) is 5. The van der Waals surface area contributed by atoms with Gasteiger partial charge in [0.15, 0.2) is 5.16 Å². The molecule has 0 saturated carbocycles. The highest BCUT2D eigenvalue weighted by Gasteiger charge is 2.12. The maximum atomic E-state index is 12.2. The summed E-state index contributed by atoms with van der Waals surface area (Å²) in [6.07, 6.45) is 0. The Morgan fingerprint density at radius 1 is 1.11 bits per heavy atom. The molecule has 1 amide bonds. The Morgan fingerprint density at radius 3 is 2.61 bits per heavy atom. The van der Waals surface area contributed by atoms with Crippen LogP contribution in [0.1, 0.15) is 17.0 Å². The Kier molecular flexibility index (Phi) is 7.81. The van der Waals surface area contributed by atoms with Crippen LogP contribution in [0.2, 0.25) is 0 Å². The second-order valence-corrected chi connectivity index (χ2v) is 9.34. The Hall–Kier alpha value is -1.52. The summed E-state index contributed by atoms with van der Waals surface area (Å²) in [4.78, 5) is 12.2. The number of para-hydroxylation sites is 1. The molecular formula is C20H21IN4OS2. The highest BCUT2D eigenvalue weighted by Crippen LogP contribution is 2.22. The maximum absolute atomic E-state index is 12.2. The molecule has 1 heterocycles. The van der Waals surface area contributed by atoms with Gasteiger partial charge >= 0.3 is 0 Å². The van der Waals surface area contributed by atoms with E-state index in [2.05, 4.69) is 69.3 Å². The number of nitrogens with zero attached hydrogens (tertiary/aromatic N) is 3. The number of aryl methyl sites for hydroxylation is 1. The second-order valence-electron chi connectivity index (χ2n) is 6.25. The fraction of sp³-hybridized carbons (Fsp3) is 0.250. The van der Waals surface area contributed by atoms with E-state index in [-0.39, 0.29) is 5.91 Å². The van der Waals surface area contributed by atoms with Crippen LogP contribution < -0.4 is 5.32 Å². The molecule has 0 unspecified atom stereocenters. The van der Waals surface area contributed by atoms with E-state index in [0.29, 0.717) is 5.75 Å². The molecule has 8 heteroatoms. The lowest BCUT2D eigenvalue weighted by molar-refractivity contribution is -0.113. The van der Waals surface area contributed by atoms with Crippen molar-refractivity contribution < 1.29 is 4.79 Å². The Labute approximate surface area is 187 Å². The van der Waals surface area contributed by atoms with E-state index < -0.39 is 0 Å². The lowest BCUT2D eigenvalue weighted by Gasteiger charge is -2.07. The van der Waals surface area contributed by atoms with Crippen molar-refractivity contribution >= 4 is 57.7 Å². The minimum absolute atomic E-state index is 0.0487. The number of amides is 1. The van der Waals surface area contributed by atoms with Crippen molar-refractivity contribution in [2.24, 2.45) is 7.05 Å². The van der Waals surface area contributed by atoms with Gasteiger partial charge in [-0.1, -0.05) is 53.7 Å². The zero-order chi connectivity index (χ0) is 19.9. The zero-order valence-corrected chi connectivity index (χ0v) is 19.5. The second kappa shape index (κ2) is 10.3. The number of benzene rings is 2. The summed E-state index contributed by atoms with van der Waals surface area (Å²) in [6, 6.07) is 16.3. The van der Waals surface area contributed by atoms with Crippen molar-refractivity contribution in [1.29, 1.82) is 0 Å². The summed E-state index contributed by atoms with van der Waals surface area (Å²) >= 11 is 5.42. The summed E-state index contributed by atoms with van der Waals surface area (Å²) < 4.78 is 2.98. The quantitative estimate of drug-likeness (QED) is 0.336. The summed E-state index contributed by atoms with van der Waals surface area (Å²) in [7, 11) is 1.95. The van der Waals surface area contributed by atoms with E-state index in [1.54, 1.807) is 0 Å². The molecule has 0 aliphatic heterocycles. The van der Waals surface area contributed by atoms with Crippen LogP contribution >= 0.6 is 46.1 Å². The number of carbonyl (C=O) groups is 1. The number of thioether (sulfide) groups is 2. The molecule has 3 rings (SSSR count). The highest BCUT2D eigenvalue weighted by atomic mass is 127. The van der Waals surface area contributed by atoms with Crippen molar-refractivity contribution in [3.63, 3.8) is 0 Å². The first-order valence-electron chi connectivity index (χ1n) is 8.71. The molecule has 0 fully saturated rings. The Morgan fingerprint density at radius 2 is 1.86 bits per heavy atom. The highest BCUT2D eigenvalue weighted by molar-refractivity contribution is 14.1. The Balaban J connectivity index is 1.48. The number of anilines is 1. The lowest BCUT2D eigenvalue weighted by atomic mass is 10.2. The molecule has 0 bridgehead atoms. The van der Waals surface area contributed by atoms with Crippen molar-refractivity contribution in [2.45, 2.75) is 23.6 Å². The van der Waals surface area contributed by atoms with Gasteiger partial charge < -0.3 is 9.88 Å². The van der Waals surface area contributed by atoms with Gasteiger partial charge in [-0.05, 0) is 47.2 Å². The van der Waals surface area contributed by atoms with Gasteiger partial charge in [-0.2, -0.15) is 0 Å². The number of nitrogens with one attached hydrogen (secondary N) is 1. The van der Waals surface area contributed by atoms with Gasteiger partial charge in [-0.3, -0.25) is 4.79 Å². The van der Waals surface area contributed by atoms with Gasteiger partial charge in [0.2, 0.25) is 5.91 Å². The van der Waals surface area contributed by atoms with Crippen LogP contribution in [0.5, 0.6) is 0 Å². The molecular weight excluding hydrogens is 503 g/mol. The number of carbonyl (C=O) groups excluding carboxylic acids is 1. The SMILES string of the molecule is Cc1ccc(CSCc2nnc(SCC(=O)Nc3ccccc3I)n2C)cc1. The van der Waals surface area contributed by atoms with Crippen LogP contribution in [0, 0.1) is 10.5 Å². The van der Waals surface area contributed by atoms with Gasteiger partial charge in [0, 0.05) is 16.4 Å². The zero-order valence-electron chi connectivity index (χ0n) is 15.7. The van der Waals surface area contributed by atoms with Crippen LogP contribution in [-0.2, 0) is 23.3 Å². The minimum atomic E-state index is -0.0487. The molecule has 0 atom stereocenters. The predicted molar refractivity (Wildman–Crippen MR) is 126 cm³/mol. The monoisotopic (exact) mass is 524 g/mol. The van der Waals surface area contributed by atoms with Crippen LogP contribution in [0.15, 0.2) is 53.7 Å². The third-order valence-electron chi connectivity index (χ3n) is 4.03. The van der Waals surface area contributed by atoms with Crippen LogP contribution in [-0.4, -0.2) is 26.4 Å². The first-order valence-corrected chi connectivity index (χ1v) is 11.9. The number of aromatic nitrogens is 3. The summed E-state index contributed by atoms with van der Waals surface area (Å²) in [5.74, 6) is 2.89. The summed E-state index contributed by atoms with van der Waals surface area (Å²) in [5, 5.41) is 12.2. The van der Waals surface area contributed by atoms with Crippen LogP contribution in [0.25, 0.3) is 0 Å². The van der Waals surface area contributed by atoms with Crippen LogP contribution in [0.3, 0.4) is 0 Å². The van der Waals surface area contributed by atoms with Crippen molar-refractivity contribution in [1.82, 2.24) is 14.8 Å². The van der Waals surface area contributed by atoms with E-state index in [4.69, 9.17) is 0 Å². The van der Waals surface area contributed by atoms with Gasteiger partial charge in [-0.15, -0.1) is 22.0 Å². The standard InChI is InChI=1S/C20H21IN4OS2/c1-14-7-9-15(10-8-14)11-27-12-18-23-24-20(25(18)2)28-13-19(26)22-17-6-4-3-5-16(17)21/h3-10H,11-13H2,1-2H3,(H,22,26). The third kappa shape index (κ3) is 5.99.